The Bertz CT molecular complexity index is 861. The van der Waals surface area contributed by atoms with E-state index in [1.54, 1.807) is 0 Å². The van der Waals surface area contributed by atoms with Gasteiger partial charge in [-0.05, 0) is 60.7 Å². The van der Waals surface area contributed by atoms with E-state index < -0.39 is 0 Å². The van der Waals surface area contributed by atoms with Gasteiger partial charge in [-0.15, -0.1) is 5.10 Å². The molecule has 1 atom stereocenters. The SMILES string of the molecule is O=C(Nc1cccc(-n2cnnn2)c1)[C@@H]1CCCN(C(=O)C2=CCCC2)C1. The fourth-order valence-electron chi connectivity index (χ4n) is 3.69. The summed E-state index contributed by atoms with van der Waals surface area (Å²) < 4.78 is 1.53. The summed E-state index contributed by atoms with van der Waals surface area (Å²) in [6.07, 6.45) is 8.08. The van der Waals surface area contributed by atoms with Gasteiger partial charge in [-0.1, -0.05) is 12.1 Å². The van der Waals surface area contributed by atoms with E-state index in [4.69, 9.17) is 0 Å². The van der Waals surface area contributed by atoms with Crippen LogP contribution in [0.3, 0.4) is 0 Å². The number of benzene rings is 1. The van der Waals surface area contributed by atoms with Crippen molar-refractivity contribution in [3.63, 3.8) is 0 Å². The third-order valence-electron chi connectivity index (χ3n) is 5.12. The van der Waals surface area contributed by atoms with E-state index in [0.29, 0.717) is 12.2 Å². The largest absolute Gasteiger partial charge is 0.338 e. The standard InChI is InChI=1S/C19H22N6O2/c26-18(21-16-8-3-9-17(11-16)25-13-20-22-23-25)15-7-4-10-24(12-15)19(27)14-5-1-2-6-14/h3,5,8-9,11,13,15H,1-2,4,6-7,10,12H2,(H,21,26)/t15-/m1/s1. The Morgan fingerprint density at radius 1 is 1.22 bits per heavy atom. The van der Waals surface area contributed by atoms with Crippen molar-refractivity contribution in [2.24, 2.45) is 5.92 Å². The van der Waals surface area contributed by atoms with Crippen LogP contribution in [0, 0.1) is 5.92 Å². The fourth-order valence-corrected chi connectivity index (χ4v) is 3.69. The predicted molar refractivity (Wildman–Crippen MR) is 99.0 cm³/mol. The summed E-state index contributed by atoms with van der Waals surface area (Å²) in [5.41, 5.74) is 2.37. The van der Waals surface area contributed by atoms with Crippen LogP contribution in [0.5, 0.6) is 0 Å². The number of carbonyl (C=O) groups is 2. The lowest BCUT2D eigenvalue weighted by Crippen LogP contribution is -2.44. The van der Waals surface area contributed by atoms with E-state index >= 15 is 0 Å². The number of likely N-dealkylation sites (tertiary alicyclic amines) is 1. The monoisotopic (exact) mass is 366 g/mol. The maximum absolute atomic E-state index is 12.7. The van der Waals surface area contributed by atoms with E-state index in [0.717, 1.165) is 49.9 Å². The van der Waals surface area contributed by atoms with Crippen LogP contribution in [0.4, 0.5) is 5.69 Å². The molecular formula is C19H22N6O2. The Hall–Kier alpha value is -3.03. The van der Waals surface area contributed by atoms with Gasteiger partial charge in [0.15, 0.2) is 0 Å². The molecule has 0 bridgehead atoms. The van der Waals surface area contributed by atoms with Crippen LogP contribution in [0.25, 0.3) is 5.69 Å². The molecule has 1 N–H and O–H groups in total. The van der Waals surface area contributed by atoms with Crippen molar-refractivity contribution in [1.82, 2.24) is 25.1 Å². The number of amides is 2. The highest BCUT2D eigenvalue weighted by molar-refractivity contribution is 5.96. The van der Waals surface area contributed by atoms with Crippen LogP contribution in [-0.2, 0) is 9.59 Å². The first kappa shape index (κ1) is 17.4. The number of anilines is 1. The van der Waals surface area contributed by atoms with Crippen LogP contribution < -0.4 is 5.32 Å². The van der Waals surface area contributed by atoms with Gasteiger partial charge in [-0.3, -0.25) is 9.59 Å². The van der Waals surface area contributed by atoms with Crippen molar-refractivity contribution in [2.45, 2.75) is 32.1 Å². The number of tetrazole rings is 1. The normalized spacial score (nSPS) is 19.6. The summed E-state index contributed by atoms with van der Waals surface area (Å²) in [5, 5.41) is 14.1. The molecule has 8 heteroatoms. The van der Waals surface area contributed by atoms with Gasteiger partial charge < -0.3 is 10.2 Å². The van der Waals surface area contributed by atoms with Gasteiger partial charge in [0.25, 0.3) is 0 Å². The zero-order chi connectivity index (χ0) is 18.6. The highest BCUT2D eigenvalue weighted by atomic mass is 16.2. The summed E-state index contributed by atoms with van der Waals surface area (Å²) in [6.45, 7) is 1.21. The molecule has 1 aliphatic carbocycles. The first-order chi connectivity index (χ1) is 13.2. The second-order valence-electron chi connectivity index (χ2n) is 7.01. The number of hydrogen-bond donors (Lipinski definition) is 1. The maximum atomic E-state index is 12.7. The first-order valence-corrected chi connectivity index (χ1v) is 9.33. The third-order valence-corrected chi connectivity index (χ3v) is 5.12. The number of hydrogen-bond acceptors (Lipinski definition) is 5. The molecule has 2 aliphatic rings. The average Bonchev–Trinajstić information content (AvgIpc) is 3.42. The number of rotatable bonds is 4. The van der Waals surface area contributed by atoms with Gasteiger partial charge in [0.05, 0.1) is 11.6 Å². The molecule has 140 valence electrons. The number of piperidine rings is 1. The molecule has 0 spiro atoms. The van der Waals surface area contributed by atoms with Crippen LogP contribution in [-0.4, -0.2) is 50.0 Å². The van der Waals surface area contributed by atoms with E-state index in [1.807, 2.05) is 35.2 Å². The Labute approximate surface area is 157 Å². The number of allylic oxidation sites excluding steroid dienone is 1. The average molecular weight is 366 g/mol. The summed E-state index contributed by atoms with van der Waals surface area (Å²) in [4.78, 5) is 27.2. The molecule has 2 aromatic rings. The van der Waals surface area contributed by atoms with Gasteiger partial charge in [-0.2, -0.15) is 0 Å². The molecular weight excluding hydrogens is 344 g/mol. The molecule has 4 rings (SSSR count). The van der Waals surface area contributed by atoms with Crippen molar-refractivity contribution in [2.75, 3.05) is 18.4 Å². The summed E-state index contributed by atoms with van der Waals surface area (Å²) in [6, 6.07) is 7.36. The van der Waals surface area contributed by atoms with E-state index in [9.17, 15) is 9.59 Å². The quantitative estimate of drug-likeness (QED) is 0.893. The molecule has 0 radical (unpaired) electrons. The molecule has 2 amide bonds. The van der Waals surface area contributed by atoms with Crippen molar-refractivity contribution in [1.29, 1.82) is 0 Å². The predicted octanol–water partition coefficient (Wildman–Crippen LogP) is 1.95. The Balaban J connectivity index is 1.41. The summed E-state index contributed by atoms with van der Waals surface area (Å²) in [5.74, 6) is -0.145. The topological polar surface area (TPSA) is 93.0 Å². The van der Waals surface area contributed by atoms with Crippen LogP contribution in [0.15, 0.2) is 42.2 Å². The molecule has 27 heavy (non-hydrogen) atoms. The fraction of sp³-hybridized carbons (Fsp3) is 0.421. The zero-order valence-corrected chi connectivity index (χ0v) is 15.0. The van der Waals surface area contributed by atoms with Crippen molar-refractivity contribution in [3.8, 4) is 5.69 Å². The van der Waals surface area contributed by atoms with Gasteiger partial charge in [0.1, 0.15) is 6.33 Å². The molecule has 8 nitrogen and oxygen atoms in total. The highest BCUT2D eigenvalue weighted by Crippen LogP contribution is 2.24. The minimum atomic E-state index is -0.193. The van der Waals surface area contributed by atoms with Gasteiger partial charge in [0.2, 0.25) is 11.8 Å². The summed E-state index contributed by atoms with van der Waals surface area (Å²) >= 11 is 0. The third kappa shape index (κ3) is 3.89. The molecule has 1 saturated heterocycles. The zero-order valence-electron chi connectivity index (χ0n) is 15.0. The molecule has 1 fully saturated rings. The van der Waals surface area contributed by atoms with Gasteiger partial charge >= 0.3 is 0 Å². The van der Waals surface area contributed by atoms with Crippen molar-refractivity contribution < 1.29 is 9.59 Å². The minimum Gasteiger partial charge on any atom is -0.338 e. The highest BCUT2D eigenvalue weighted by Gasteiger charge is 2.30. The van der Waals surface area contributed by atoms with E-state index in [-0.39, 0.29) is 17.7 Å². The second kappa shape index (κ2) is 7.69. The molecule has 0 unspecified atom stereocenters. The lowest BCUT2D eigenvalue weighted by molar-refractivity contribution is -0.131. The van der Waals surface area contributed by atoms with Crippen molar-refractivity contribution >= 4 is 17.5 Å². The Morgan fingerprint density at radius 3 is 2.93 bits per heavy atom. The molecule has 2 heterocycles. The lowest BCUT2D eigenvalue weighted by Gasteiger charge is -2.32. The summed E-state index contributed by atoms with van der Waals surface area (Å²) in [7, 11) is 0. The molecule has 1 aromatic heterocycles. The van der Waals surface area contributed by atoms with Crippen LogP contribution in [0.2, 0.25) is 0 Å². The molecule has 1 aliphatic heterocycles. The van der Waals surface area contributed by atoms with Crippen LogP contribution >= 0.6 is 0 Å². The van der Waals surface area contributed by atoms with Crippen LogP contribution in [0.1, 0.15) is 32.1 Å². The van der Waals surface area contributed by atoms with E-state index in [2.05, 4.69) is 20.8 Å². The number of nitrogens with one attached hydrogen (secondary N) is 1. The number of aromatic nitrogens is 4. The number of nitrogens with zero attached hydrogens (tertiary/aromatic N) is 5. The smallest absolute Gasteiger partial charge is 0.249 e. The lowest BCUT2D eigenvalue weighted by atomic mass is 9.96. The molecule has 1 aromatic carbocycles. The Morgan fingerprint density at radius 2 is 2.15 bits per heavy atom. The van der Waals surface area contributed by atoms with Crippen molar-refractivity contribution in [3.05, 3.63) is 42.2 Å². The number of carbonyl (C=O) groups excluding carboxylic acids is 2. The van der Waals surface area contributed by atoms with Gasteiger partial charge in [0, 0.05) is 24.4 Å². The second-order valence-corrected chi connectivity index (χ2v) is 7.01. The maximum Gasteiger partial charge on any atom is 0.249 e. The Kier molecular flexibility index (Phi) is 4.95. The van der Waals surface area contributed by atoms with E-state index in [1.165, 1.54) is 11.0 Å². The molecule has 0 saturated carbocycles. The minimum absolute atomic E-state index is 0.0539. The van der Waals surface area contributed by atoms with Gasteiger partial charge in [-0.25, -0.2) is 4.68 Å². The first-order valence-electron chi connectivity index (χ1n) is 9.33.